The number of rotatable bonds is 2. The predicted molar refractivity (Wildman–Crippen MR) is 76.0 cm³/mol. The molecule has 4 nitrogen and oxygen atoms in total. The van der Waals surface area contributed by atoms with Crippen LogP contribution in [-0.4, -0.2) is 49.1 Å². The van der Waals surface area contributed by atoms with E-state index in [1.807, 2.05) is 0 Å². The van der Waals surface area contributed by atoms with Gasteiger partial charge >= 0.3 is 0 Å². The molecule has 108 valence electrons. The smallest absolute Gasteiger partial charge is 0.221 e. The second kappa shape index (κ2) is 6.23. The van der Waals surface area contributed by atoms with Gasteiger partial charge in [0.2, 0.25) is 5.91 Å². The Labute approximate surface area is 116 Å². The highest BCUT2D eigenvalue weighted by atomic mass is 16.1. The molecule has 0 aliphatic carbocycles. The van der Waals surface area contributed by atoms with Crippen LogP contribution in [-0.2, 0) is 4.79 Å². The molecule has 0 aromatic carbocycles. The minimum absolute atomic E-state index is 0.253. The molecule has 3 rings (SSSR count). The van der Waals surface area contributed by atoms with Gasteiger partial charge in [0.15, 0.2) is 0 Å². The van der Waals surface area contributed by atoms with Crippen molar-refractivity contribution in [3.05, 3.63) is 0 Å². The van der Waals surface area contributed by atoms with Crippen molar-refractivity contribution in [3.8, 4) is 0 Å². The monoisotopic (exact) mass is 265 g/mol. The first kappa shape index (κ1) is 13.4. The summed E-state index contributed by atoms with van der Waals surface area (Å²) in [7, 11) is 0. The van der Waals surface area contributed by atoms with E-state index in [9.17, 15) is 4.79 Å². The first-order valence-corrected chi connectivity index (χ1v) is 8.07. The van der Waals surface area contributed by atoms with Crippen molar-refractivity contribution in [2.24, 2.45) is 5.92 Å². The van der Waals surface area contributed by atoms with Crippen molar-refractivity contribution in [2.45, 2.75) is 57.0 Å². The molecule has 19 heavy (non-hydrogen) atoms. The van der Waals surface area contributed by atoms with Gasteiger partial charge < -0.3 is 10.6 Å². The van der Waals surface area contributed by atoms with E-state index in [1.54, 1.807) is 0 Å². The predicted octanol–water partition coefficient (Wildman–Crippen LogP) is 1.12. The van der Waals surface area contributed by atoms with Crippen molar-refractivity contribution in [1.82, 2.24) is 15.5 Å². The Morgan fingerprint density at radius 1 is 1.05 bits per heavy atom. The zero-order valence-electron chi connectivity index (χ0n) is 11.9. The Balaban J connectivity index is 1.58. The topological polar surface area (TPSA) is 44.4 Å². The lowest BCUT2D eigenvalue weighted by Crippen LogP contribution is -2.48. The van der Waals surface area contributed by atoms with Crippen LogP contribution in [0.3, 0.4) is 0 Å². The van der Waals surface area contributed by atoms with Crippen LogP contribution in [0, 0.1) is 5.92 Å². The lowest BCUT2D eigenvalue weighted by Gasteiger charge is -2.39. The third-order valence-electron chi connectivity index (χ3n) is 5.13. The maximum absolute atomic E-state index is 11.7. The molecule has 3 aliphatic heterocycles. The van der Waals surface area contributed by atoms with Gasteiger partial charge in [-0.1, -0.05) is 0 Å². The molecular formula is C15H27N3O. The summed E-state index contributed by atoms with van der Waals surface area (Å²) >= 11 is 0. The number of nitrogens with zero attached hydrogens (tertiary/aromatic N) is 1. The first-order chi connectivity index (χ1) is 9.33. The normalized spacial score (nSPS) is 37.9. The number of nitrogens with one attached hydrogen (secondary N) is 2. The van der Waals surface area contributed by atoms with Crippen LogP contribution in [0.1, 0.15) is 44.9 Å². The van der Waals surface area contributed by atoms with Crippen LogP contribution >= 0.6 is 0 Å². The van der Waals surface area contributed by atoms with Gasteiger partial charge in [0.25, 0.3) is 0 Å². The van der Waals surface area contributed by atoms with Gasteiger partial charge in [-0.05, 0) is 57.5 Å². The third kappa shape index (κ3) is 3.29. The SMILES string of the molecule is O=C1CC(N2CCCC(C3CCCN3)C2)CCCN1. The number of carbonyl (C=O) groups is 1. The van der Waals surface area contributed by atoms with Gasteiger partial charge in [0.05, 0.1) is 0 Å². The summed E-state index contributed by atoms with van der Waals surface area (Å²) < 4.78 is 0. The number of hydrogen-bond donors (Lipinski definition) is 2. The van der Waals surface area contributed by atoms with Crippen LogP contribution in [0.15, 0.2) is 0 Å². The van der Waals surface area contributed by atoms with Crippen LogP contribution in [0.25, 0.3) is 0 Å². The Hall–Kier alpha value is -0.610. The summed E-state index contributed by atoms with van der Waals surface area (Å²) in [5.41, 5.74) is 0. The molecule has 3 unspecified atom stereocenters. The molecule has 0 spiro atoms. The van der Waals surface area contributed by atoms with Gasteiger partial charge in [0, 0.05) is 31.6 Å². The van der Waals surface area contributed by atoms with Gasteiger partial charge in [-0.3, -0.25) is 9.69 Å². The van der Waals surface area contributed by atoms with E-state index in [0.29, 0.717) is 12.5 Å². The van der Waals surface area contributed by atoms with Crippen molar-refractivity contribution < 1.29 is 4.79 Å². The zero-order valence-corrected chi connectivity index (χ0v) is 11.9. The summed E-state index contributed by atoms with van der Waals surface area (Å²) in [5, 5.41) is 6.67. The lowest BCUT2D eigenvalue weighted by molar-refractivity contribution is -0.121. The Kier molecular flexibility index (Phi) is 4.38. The number of hydrogen-bond acceptors (Lipinski definition) is 3. The second-order valence-corrected chi connectivity index (χ2v) is 6.45. The van der Waals surface area contributed by atoms with E-state index >= 15 is 0 Å². The summed E-state index contributed by atoms with van der Waals surface area (Å²) in [6, 6.07) is 1.23. The zero-order chi connectivity index (χ0) is 13.1. The van der Waals surface area contributed by atoms with Crippen molar-refractivity contribution in [2.75, 3.05) is 26.2 Å². The first-order valence-electron chi connectivity index (χ1n) is 8.07. The average Bonchev–Trinajstić information content (AvgIpc) is 2.88. The fourth-order valence-electron chi connectivity index (χ4n) is 4.08. The molecule has 1 amide bonds. The Bertz CT molecular complexity index is 315. The van der Waals surface area contributed by atoms with Crippen molar-refractivity contribution in [3.63, 3.8) is 0 Å². The molecule has 3 fully saturated rings. The molecule has 4 heteroatoms. The van der Waals surface area contributed by atoms with Crippen LogP contribution in [0.5, 0.6) is 0 Å². The fraction of sp³-hybridized carbons (Fsp3) is 0.933. The molecule has 0 saturated carbocycles. The molecule has 3 saturated heterocycles. The molecule has 3 heterocycles. The highest BCUT2D eigenvalue weighted by Crippen LogP contribution is 2.27. The van der Waals surface area contributed by atoms with E-state index < -0.39 is 0 Å². The van der Waals surface area contributed by atoms with Crippen molar-refractivity contribution >= 4 is 5.91 Å². The van der Waals surface area contributed by atoms with E-state index in [4.69, 9.17) is 0 Å². The largest absolute Gasteiger partial charge is 0.356 e. The van der Waals surface area contributed by atoms with Gasteiger partial charge in [0.1, 0.15) is 0 Å². The van der Waals surface area contributed by atoms with Gasteiger partial charge in [-0.15, -0.1) is 0 Å². The second-order valence-electron chi connectivity index (χ2n) is 6.45. The van der Waals surface area contributed by atoms with Crippen LogP contribution < -0.4 is 10.6 Å². The number of piperidine rings is 1. The quantitative estimate of drug-likeness (QED) is 0.786. The van der Waals surface area contributed by atoms with E-state index in [-0.39, 0.29) is 5.91 Å². The Morgan fingerprint density at radius 2 is 1.95 bits per heavy atom. The lowest BCUT2D eigenvalue weighted by atomic mass is 9.88. The van der Waals surface area contributed by atoms with Gasteiger partial charge in [-0.25, -0.2) is 0 Å². The summed E-state index contributed by atoms with van der Waals surface area (Å²) in [6.07, 6.45) is 8.40. The highest BCUT2D eigenvalue weighted by Gasteiger charge is 2.32. The molecule has 0 bridgehead atoms. The maximum atomic E-state index is 11.7. The third-order valence-corrected chi connectivity index (χ3v) is 5.13. The average molecular weight is 265 g/mol. The standard InChI is InChI=1S/C15H27N3O/c19-15-10-13(5-1-8-17-15)18-9-3-4-12(11-18)14-6-2-7-16-14/h12-14,16H,1-11H2,(H,17,19). The number of likely N-dealkylation sites (tertiary alicyclic amines) is 1. The minimum atomic E-state index is 0.253. The maximum Gasteiger partial charge on any atom is 0.221 e. The van der Waals surface area contributed by atoms with E-state index in [0.717, 1.165) is 24.9 Å². The number of carbonyl (C=O) groups excluding carboxylic acids is 1. The van der Waals surface area contributed by atoms with E-state index in [2.05, 4.69) is 15.5 Å². The molecule has 2 N–H and O–H groups in total. The van der Waals surface area contributed by atoms with Crippen molar-refractivity contribution in [1.29, 1.82) is 0 Å². The molecule has 0 aromatic heterocycles. The molecule has 0 aromatic rings. The highest BCUT2D eigenvalue weighted by molar-refractivity contribution is 5.76. The van der Waals surface area contributed by atoms with E-state index in [1.165, 1.54) is 51.7 Å². The fourth-order valence-corrected chi connectivity index (χ4v) is 4.08. The minimum Gasteiger partial charge on any atom is -0.356 e. The molecule has 3 atom stereocenters. The summed E-state index contributed by atoms with van der Waals surface area (Å²) in [5.74, 6) is 1.06. The Morgan fingerprint density at radius 3 is 2.79 bits per heavy atom. The van der Waals surface area contributed by atoms with Gasteiger partial charge in [-0.2, -0.15) is 0 Å². The molecular weight excluding hydrogens is 238 g/mol. The molecule has 3 aliphatic rings. The summed E-state index contributed by atoms with van der Waals surface area (Å²) in [4.78, 5) is 14.3. The summed E-state index contributed by atoms with van der Waals surface area (Å²) in [6.45, 7) is 4.47. The van der Waals surface area contributed by atoms with Crippen LogP contribution in [0.2, 0.25) is 0 Å². The number of amides is 1. The molecule has 0 radical (unpaired) electrons. The van der Waals surface area contributed by atoms with Crippen LogP contribution in [0.4, 0.5) is 0 Å².